The molecule has 352 valence electrons. The molecule has 0 aliphatic heterocycles. The molecule has 0 aliphatic carbocycles. The monoisotopic (exact) mass is 874 g/mol. The van der Waals surface area contributed by atoms with E-state index in [0.29, 0.717) is 24.1 Å². The highest BCUT2D eigenvalue weighted by molar-refractivity contribution is 7.45. The van der Waals surface area contributed by atoms with Gasteiger partial charge in [-0.3, -0.25) is 9.36 Å². The number of hydrogen-bond acceptors (Lipinski definition) is 7. The van der Waals surface area contributed by atoms with Crippen molar-refractivity contribution in [3.8, 4) is 0 Å². The highest BCUT2D eigenvalue weighted by atomic mass is 31.2. The average Bonchev–Trinajstić information content (AvgIpc) is 3.22. The molecule has 8 nitrogen and oxygen atoms in total. The fourth-order valence-corrected chi connectivity index (χ4v) is 6.99. The summed E-state index contributed by atoms with van der Waals surface area (Å²) in [6.45, 7) is 5.15. The minimum absolute atomic E-state index is 0.0183. The van der Waals surface area contributed by atoms with E-state index in [1.807, 2.05) is 21.1 Å². The van der Waals surface area contributed by atoms with Gasteiger partial charge in [-0.15, -0.1) is 0 Å². The second-order valence-electron chi connectivity index (χ2n) is 17.1. The number of phosphoric ester groups is 1. The van der Waals surface area contributed by atoms with Gasteiger partial charge in [-0.2, -0.15) is 0 Å². The Morgan fingerprint density at radius 3 is 1.34 bits per heavy atom. The third kappa shape index (κ3) is 48.6. The van der Waals surface area contributed by atoms with Crippen molar-refractivity contribution >= 4 is 13.8 Å². The molecule has 0 fully saturated rings. The average molecular weight is 874 g/mol. The maximum atomic E-state index is 12.7. The summed E-state index contributed by atoms with van der Waals surface area (Å²) >= 11 is 0. The highest BCUT2D eigenvalue weighted by Crippen LogP contribution is 2.38. The number of ether oxygens (including phenoxy) is 2. The number of unbranched alkanes of at least 4 members (excludes halogenated alkanes) is 16. The van der Waals surface area contributed by atoms with Crippen LogP contribution < -0.4 is 4.89 Å². The van der Waals surface area contributed by atoms with E-state index in [4.69, 9.17) is 18.5 Å². The lowest BCUT2D eigenvalue weighted by Gasteiger charge is -2.28. The second-order valence-corrected chi connectivity index (χ2v) is 18.5. The van der Waals surface area contributed by atoms with Crippen LogP contribution in [0.25, 0.3) is 0 Å². The first-order chi connectivity index (χ1) is 29.6. The smallest absolute Gasteiger partial charge is 0.306 e. The molecule has 0 aromatic rings. The lowest BCUT2D eigenvalue weighted by Crippen LogP contribution is -2.37. The van der Waals surface area contributed by atoms with E-state index >= 15 is 0 Å². The second kappa shape index (κ2) is 44.3. The number of quaternary nitrogens is 1. The van der Waals surface area contributed by atoms with E-state index in [2.05, 4.69) is 98.9 Å². The predicted molar refractivity (Wildman–Crippen MR) is 258 cm³/mol. The molecule has 0 heterocycles. The molecular formula is C52H92NO7P. The molecule has 0 aromatic heterocycles. The number of rotatable bonds is 44. The first-order valence-corrected chi connectivity index (χ1v) is 25.8. The molecule has 0 saturated carbocycles. The molecule has 0 aromatic carbocycles. The SMILES string of the molecule is CC/C=C\C/C=C\C/C=C\C/C=C\CCCCCCCCCCC(=O)OC(COCCCCCCCCCC/C=C\C/C=C\C/C=C\CC)COP(=O)([O-])OCC[N+](C)(C)C. The van der Waals surface area contributed by atoms with Crippen molar-refractivity contribution in [3.05, 3.63) is 85.1 Å². The molecule has 0 spiro atoms. The molecule has 0 rings (SSSR count). The summed E-state index contributed by atoms with van der Waals surface area (Å²) in [7, 11) is 1.33. The molecule has 0 saturated heterocycles. The van der Waals surface area contributed by atoms with Gasteiger partial charge in [0.2, 0.25) is 0 Å². The molecule has 0 radical (unpaired) electrons. The zero-order valence-corrected chi connectivity index (χ0v) is 40.7. The molecule has 0 bridgehead atoms. The number of carbonyl (C=O) groups excluding carboxylic acids is 1. The number of phosphoric acid groups is 1. The Balaban J connectivity index is 4.22. The van der Waals surface area contributed by atoms with Gasteiger partial charge in [0, 0.05) is 13.0 Å². The fourth-order valence-electron chi connectivity index (χ4n) is 6.26. The number of esters is 1. The molecule has 9 heteroatoms. The Morgan fingerprint density at radius 1 is 0.508 bits per heavy atom. The third-order valence-electron chi connectivity index (χ3n) is 9.94. The fraction of sp³-hybridized carbons (Fsp3) is 0.712. The molecule has 0 N–H and O–H groups in total. The normalized spacial score (nSPS) is 14.4. The lowest BCUT2D eigenvalue weighted by atomic mass is 10.1. The summed E-state index contributed by atoms with van der Waals surface area (Å²) in [6.07, 6.45) is 58.8. The van der Waals surface area contributed by atoms with Gasteiger partial charge < -0.3 is 27.9 Å². The van der Waals surface area contributed by atoms with E-state index in [0.717, 1.165) is 89.9 Å². The van der Waals surface area contributed by atoms with Gasteiger partial charge in [-0.05, 0) is 83.5 Å². The van der Waals surface area contributed by atoms with Crippen LogP contribution in [0.5, 0.6) is 0 Å². The van der Waals surface area contributed by atoms with E-state index in [9.17, 15) is 14.3 Å². The number of carbonyl (C=O) groups is 1. The van der Waals surface area contributed by atoms with Crippen LogP contribution >= 0.6 is 7.82 Å². The van der Waals surface area contributed by atoms with Crippen LogP contribution in [0.15, 0.2) is 85.1 Å². The third-order valence-corrected chi connectivity index (χ3v) is 10.9. The van der Waals surface area contributed by atoms with Crippen LogP contribution in [-0.2, 0) is 27.9 Å². The molecule has 0 aliphatic rings. The van der Waals surface area contributed by atoms with Crippen molar-refractivity contribution in [1.29, 1.82) is 0 Å². The maximum Gasteiger partial charge on any atom is 0.306 e. The largest absolute Gasteiger partial charge is 0.756 e. The van der Waals surface area contributed by atoms with E-state index in [1.54, 1.807) is 0 Å². The molecule has 0 amide bonds. The van der Waals surface area contributed by atoms with Crippen LogP contribution in [0.4, 0.5) is 0 Å². The van der Waals surface area contributed by atoms with E-state index < -0.39 is 13.9 Å². The summed E-state index contributed by atoms with van der Waals surface area (Å²) in [6, 6.07) is 0. The van der Waals surface area contributed by atoms with Crippen molar-refractivity contribution in [3.63, 3.8) is 0 Å². The molecular weight excluding hydrogens is 782 g/mol. The summed E-state index contributed by atoms with van der Waals surface area (Å²) in [5.74, 6) is -0.348. The van der Waals surface area contributed by atoms with Crippen LogP contribution in [0.2, 0.25) is 0 Å². The summed E-state index contributed by atoms with van der Waals surface area (Å²) in [5, 5.41) is 0. The van der Waals surface area contributed by atoms with Crippen molar-refractivity contribution in [1.82, 2.24) is 0 Å². The minimum Gasteiger partial charge on any atom is -0.756 e. The number of likely N-dealkylation sites (N-methyl/N-ethyl adjacent to an activating group) is 1. The summed E-state index contributed by atoms with van der Waals surface area (Å²) in [4.78, 5) is 25.2. The number of hydrogen-bond donors (Lipinski definition) is 0. The van der Waals surface area contributed by atoms with Gasteiger partial charge >= 0.3 is 5.97 Å². The van der Waals surface area contributed by atoms with Crippen LogP contribution in [-0.4, -0.2) is 70.7 Å². The standard InChI is InChI=1S/C52H92NO7P/c1-6-8-10-12-14-16-18-20-22-24-26-27-28-29-31-33-35-37-39-41-43-45-52(54)60-51(50-59-61(55,56)58-48-46-53(3,4)5)49-57-47-44-42-40-38-36-34-32-30-25-23-21-19-17-15-13-11-9-7-2/h8-11,14-17,20-23,26-27,51H,6-7,12-13,18-19,24-25,28-50H2,1-5H3/b10-8-,11-9-,16-14-,17-15-,22-20-,23-21-,27-26-. The van der Waals surface area contributed by atoms with Crippen molar-refractivity contribution in [2.45, 2.75) is 187 Å². The Hall–Kier alpha value is -2.32. The Bertz CT molecular complexity index is 1250. The first-order valence-electron chi connectivity index (χ1n) is 24.3. The minimum atomic E-state index is -4.54. The zero-order valence-electron chi connectivity index (χ0n) is 39.8. The Labute approximate surface area is 375 Å². The number of allylic oxidation sites excluding steroid dienone is 14. The van der Waals surface area contributed by atoms with Gasteiger partial charge in [-0.1, -0.05) is 176 Å². The van der Waals surface area contributed by atoms with Gasteiger partial charge in [-0.25, -0.2) is 0 Å². The van der Waals surface area contributed by atoms with Crippen molar-refractivity contribution in [2.75, 3.05) is 54.1 Å². The van der Waals surface area contributed by atoms with E-state index in [1.165, 1.54) is 70.6 Å². The quantitative estimate of drug-likeness (QED) is 0.0198. The highest BCUT2D eigenvalue weighted by Gasteiger charge is 2.20. The maximum absolute atomic E-state index is 12.7. The van der Waals surface area contributed by atoms with Gasteiger partial charge in [0.1, 0.15) is 19.3 Å². The summed E-state index contributed by atoms with van der Waals surface area (Å²) in [5.41, 5.74) is 0. The lowest BCUT2D eigenvalue weighted by molar-refractivity contribution is -0.870. The van der Waals surface area contributed by atoms with E-state index in [-0.39, 0.29) is 25.8 Å². The van der Waals surface area contributed by atoms with Crippen molar-refractivity contribution in [2.24, 2.45) is 0 Å². The van der Waals surface area contributed by atoms with Gasteiger partial charge in [0.05, 0.1) is 34.4 Å². The van der Waals surface area contributed by atoms with Gasteiger partial charge in [0.25, 0.3) is 7.82 Å². The topological polar surface area (TPSA) is 94.1 Å². The number of nitrogens with zero attached hydrogens (tertiary/aromatic N) is 1. The van der Waals surface area contributed by atoms with Gasteiger partial charge in [0.15, 0.2) is 0 Å². The predicted octanol–water partition coefficient (Wildman–Crippen LogP) is 14.2. The zero-order chi connectivity index (χ0) is 44.8. The molecule has 61 heavy (non-hydrogen) atoms. The van der Waals surface area contributed by atoms with Crippen LogP contribution in [0, 0.1) is 0 Å². The first kappa shape index (κ1) is 58.7. The molecule has 2 atom stereocenters. The summed E-state index contributed by atoms with van der Waals surface area (Å²) < 4.78 is 34.7. The van der Waals surface area contributed by atoms with Crippen LogP contribution in [0.1, 0.15) is 181 Å². The molecule has 2 unspecified atom stereocenters. The van der Waals surface area contributed by atoms with Crippen LogP contribution in [0.3, 0.4) is 0 Å². The Morgan fingerprint density at radius 2 is 0.902 bits per heavy atom. The Kier molecular flexibility index (Phi) is 42.6. The van der Waals surface area contributed by atoms with Crippen molar-refractivity contribution < 1.29 is 37.3 Å².